The van der Waals surface area contributed by atoms with Crippen LogP contribution in [0.15, 0.2) is 123 Å². The molecule has 62 heavy (non-hydrogen) atoms. The first-order valence-electron chi connectivity index (χ1n) is 20.5. The lowest BCUT2D eigenvalue weighted by Gasteiger charge is -2.29. The quantitative estimate of drug-likeness (QED) is 0.0716. The van der Waals surface area contributed by atoms with Crippen LogP contribution < -0.4 is 4.74 Å². The number of halogens is 1. The molecule has 7 rings (SSSR count). The highest BCUT2D eigenvalue weighted by Gasteiger charge is 2.31. The van der Waals surface area contributed by atoms with Crippen molar-refractivity contribution in [3.8, 4) is 39.4 Å². The van der Waals surface area contributed by atoms with Crippen molar-refractivity contribution < 1.29 is 42.2 Å². The number of nitrogens with zero attached hydrogens (tertiary/aromatic N) is 4. The summed E-state index contributed by atoms with van der Waals surface area (Å²) in [6.07, 6.45) is 4.12. The van der Waals surface area contributed by atoms with E-state index in [9.17, 15) is 14.4 Å². The van der Waals surface area contributed by atoms with E-state index in [2.05, 4.69) is 25.9 Å². The van der Waals surface area contributed by atoms with Gasteiger partial charge < -0.3 is 37.6 Å². The van der Waals surface area contributed by atoms with Crippen molar-refractivity contribution in [3.63, 3.8) is 0 Å². The number of carbonyl (C=O) groups is 3. The SMILES string of the molecule is CC(C)OC(=O)[C@H]1CCC[C@H](Oc2ccc(-c3ncoc3COC(=O)N(C)Cc3ccccc3)cc2-c2cccc(CN(C)C(=O)OCc3ocnc3-c3ccc(Br)cc3)c2)C1. The molecule has 13 nitrogen and oxygen atoms in total. The van der Waals surface area contributed by atoms with E-state index in [-0.39, 0.29) is 43.9 Å². The molecule has 0 unspecified atom stereocenters. The minimum absolute atomic E-state index is 0.0903. The van der Waals surface area contributed by atoms with Crippen LogP contribution in [0.5, 0.6) is 5.75 Å². The molecule has 2 amide bonds. The monoisotopic (exact) mass is 904 g/mol. The van der Waals surface area contributed by atoms with Gasteiger partial charge in [0.05, 0.1) is 18.1 Å². The fourth-order valence-corrected chi connectivity index (χ4v) is 7.64. The summed E-state index contributed by atoms with van der Waals surface area (Å²) in [5, 5.41) is 0. The van der Waals surface area contributed by atoms with E-state index < -0.39 is 12.2 Å². The van der Waals surface area contributed by atoms with Crippen LogP contribution >= 0.6 is 15.9 Å². The van der Waals surface area contributed by atoms with Gasteiger partial charge in [-0.1, -0.05) is 76.6 Å². The number of benzene rings is 4. The van der Waals surface area contributed by atoms with Crippen molar-refractivity contribution in [2.24, 2.45) is 5.92 Å². The Labute approximate surface area is 369 Å². The number of hydrogen-bond donors (Lipinski definition) is 0. The number of ether oxygens (including phenoxy) is 4. The molecule has 1 aliphatic rings. The second kappa shape index (κ2) is 20.4. The molecule has 1 fully saturated rings. The van der Waals surface area contributed by atoms with Gasteiger partial charge >= 0.3 is 18.2 Å². The fourth-order valence-electron chi connectivity index (χ4n) is 7.38. The molecular weight excluding hydrogens is 856 g/mol. The van der Waals surface area contributed by atoms with E-state index in [1.807, 2.05) is 111 Å². The Kier molecular flexibility index (Phi) is 14.4. The molecular formula is C48H49BrN4O9. The lowest BCUT2D eigenvalue weighted by atomic mass is 9.87. The third-order valence-electron chi connectivity index (χ3n) is 10.5. The van der Waals surface area contributed by atoms with Crippen LogP contribution in [0.3, 0.4) is 0 Å². The largest absolute Gasteiger partial charge is 0.490 e. The highest BCUT2D eigenvalue weighted by Crippen LogP contribution is 2.38. The molecule has 4 aromatic carbocycles. The summed E-state index contributed by atoms with van der Waals surface area (Å²) in [4.78, 5) is 50.9. The average molecular weight is 906 g/mol. The topological polar surface area (TPSA) is 147 Å². The molecule has 322 valence electrons. The van der Waals surface area contributed by atoms with Gasteiger partial charge in [-0.3, -0.25) is 4.79 Å². The van der Waals surface area contributed by atoms with Gasteiger partial charge in [0.15, 0.2) is 37.5 Å². The first-order chi connectivity index (χ1) is 30.0. The summed E-state index contributed by atoms with van der Waals surface area (Å²) in [5.74, 6) is 0.993. The smallest absolute Gasteiger partial charge is 0.410 e. The summed E-state index contributed by atoms with van der Waals surface area (Å²) in [6.45, 7) is 4.13. The van der Waals surface area contributed by atoms with E-state index >= 15 is 0 Å². The standard InChI is InChI=1S/C48H49BrN4O9/c1-31(2)61-46(54)37-14-9-15-39(23-37)62-41-21-18-36(45-43(60-30-51-45)28-58-47(55)52(3)25-32-10-6-5-7-11-32)24-40(41)35-13-8-12-33(22-35)26-53(4)48(56)57-27-42-44(50-29-59-42)34-16-19-38(49)20-17-34/h5-8,10-13,16-22,24,29-31,37,39H,9,14-15,23,25-28H2,1-4H3/t37-,39-/m0/s1. The van der Waals surface area contributed by atoms with Gasteiger partial charge in [0.2, 0.25) is 0 Å². The van der Waals surface area contributed by atoms with E-state index in [4.69, 9.17) is 27.8 Å². The molecule has 0 radical (unpaired) electrons. The Hall–Kier alpha value is -6.41. The molecule has 1 saturated carbocycles. The zero-order chi connectivity index (χ0) is 43.6. The van der Waals surface area contributed by atoms with Crippen molar-refractivity contribution in [1.82, 2.24) is 19.8 Å². The zero-order valence-electron chi connectivity index (χ0n) is 35.1. The Morgan fingerprint density at radius 2 is 1.34 bits per heavy atom. The van der Waals surface area contributed by atoms with Crippen LogP contribution in [0.1, 0.15) is 62.2 Å². The second-order valence-corrected chi connectivity index (χ2v) is 16.5. The lowest BCUT2D eigenvalue weighted by molar-refractivity contribution is -0.154. The van der Waals surface area contributed by atoms with Gasteiger partial charge in [0.25, 0.3) is 0 Å². The van der Waals surface area contributed by atoms with E-state index in [1.165, 1.54) is 22.6 Å². The molecule has 1 aliphatic carbocycles. The molecule has 0 aliphatic heterocycles. The molecule has 0 bridgehead atoms. The maximum absolute atomic E-state index is 13.3. The van der Waals surface area contributed by atoms with Crippen molar-refractivity contribution in [3.05, 3.63) is 137 Å². The Morgan fingerprint density at radius 1 is 0.726 bits per heavy atom. The first kappa shape index (κ1) is 43.7. The molecule has 0 spiro atoms. The van der Waals surface area contributed by atoms with Gasteiger partial charge in [-0.25, -0.2) is 19.6 Å². The van der Waals surface area contributed by atoms with Gasteiger partial charge in [-0.15, -0.1) is 0 Å². The van der Waals surface area contributed by atoms with Crippen LogP contribution in [0.25, 0.3) is 33.6 Å². The normalized spacial score (nSPS) is 14.9. The van der Waals surface area contributed by atoms with Crippen molar-refractivity contribution in [2.45, 2.75) is 78.0 Å². The van der Waals surface area contributed by atoms with Crippen molar-refractivity contribution in [1.29, 1.82) is 0 Å². The molecule has 2 aromatic heterocycles. The van der Waals surface area contributed by atoms with Crippen molar-refractivity contribution >= 4 is 34.1 Å². The molecule has 0 saturated heterocycles. The highest BCUT2D eigenvalue weighted by atomic mass is 79.9. The third-order valence-corrected chi connectivity index (χ3v) is 11.0. The average Bonchev–Trinajstić information content (AvgIpc) is 3.95. The lowest BCUT2D eigenvalue weighted by Crippen LogP contribution is -2.31. The number of aromatic nitrogens is 2. The minimum atomic E-state index is -0.534. The third kappa shape index (κ3) is 11.3. The number of carbonyl (C=O) groups excluding carboxylic acids is 3. The van der Waals surface area contributed by atoms with E-state index in [1.54, 1.807) is 14.1 Å². The summed E-state index contributed by atoms with van der Waals surface area (Å²) >= 11 is 3.45. The van der Waals surface area contributed by atoms with Crippen LogP contribution in [-0.4, -0.2) is 64.2 Å². The van der Waals surface area contributed by atoms with Crippen LogP contribution in [0.4, 0.5) is 9.59 Å². The summed E-state index contributed by atoms with van der Waals surface area (Å²) < 4.78 is 35.8. The van der Waals surface area contributed by atoms with Crippen molar-refractivity contribution in [2.75, 3.05) is 14.1 Å². The maximum atomic E-state index is 13.3. The van der Waals surface area contributed by atoms with Crippen LogP contribution in [0, 0.1) is 5.92 Å². The van der Waals surface area contributed by atoms with E-state index in [0.717, 1.165) is 51.6 Å². The number of amides is 2. The Morgan fingerprint density at radius 3 is 2.00 bits per heavy atom. The summed E-state index contributed by atoms with van der Waals surface area (Å²) in [6, 6.07) is 30.9. The number of rotatable bonds is 15. The number of hydrogen-bond acceptors (Lipinski definition) is 11. The van der Waals surface area contributed by atoms with Crippen LogP contribution in [0.2, 0.25) is 0 Å². The highest BCUT2D eigenvalue weighted by molar-refractivity contribution is 9.10. The summed E-state index contributed by atoms with van der Waals surface area (Å²) in [5.41, 5.74) is 6.08. The van der Waals surface area contributed by atoms with Crippen LogP contribution in [-0.2, 0) is 45.3 Å². The van der Waals surface area contributed by atoms with Gasteiger partial charge in [-0.2, -0.15) is 0 Å². The molecule has 2 atom stereocenters. The minimum Gasteiger partial charge on any atom is -0.490 e. The fraction of sp³-hybridized carbons (Fsp3) is 0.312. The van der Waals surface area contributed by atoms with Gasteiger partial charge in [0.1, 0.15) is 17.1 Å². The zero-order valence-corrected chi connectivity index (χ0v) is 36.7. The number of esters is 1. The number of oxazole rings is 2. The summed E-state index contributed by atoms with van der Waals surface area (Å²) in [7, 11) is 3.35. The predicted molar refractivity (Wildman–Crippen MR) is 234 cm³/mol. The predicted octanol–water partition coefficient (Wildman–Crippen LogP) is 10.9. The van der Waals surface area contributed by atoms with Gasteiger partial charge in [0, 0.05) is 48.3 Å². The van der Waals surface area contributed by atoms with E-state index in [0.29, 0.717) is 47.2 Å². The molecule has 2 heterocycles. The Balaban J connectivity index is 1.09. The maximum Gasteiger partial charge on any atom is 0.410 e. The molecule has 14 heteroatoms. The molecule has 6 aromatic rings. The first-order valence-corrected chi connectivity index (χ1v) is 21.3. The second-order valence-electron chi connectivity index (χ2n) is 15.6. The van der Waals surface area contributed by atoms with Gasteiger partial charge in [-0.05, 0) is 92.6 Å². The molecule has 0 N–H and O–H groups in total. The Bertz CT molecular complexity index is 2450.